The second-order valence-electron chi connectivity index (χ2n) is 6.84. The Bertz CT molecular complexity index is 781. The first-order valence-electron chi connectivity index (χ1n) is 8.68. The second-order valence-corrected chi connectivity index (χ2v) is 6.84. The lowest BCUT2D eigenvalue weighted by Gasteiger charge is -2.15. The zero-order chi connectivity index (χ0) is 18.0. The lowest BCUT2D eigenvalue weighted by atomic mass is 9.96. The van der Waals surface area contributed by atoms with E-state index in [0.717, 1.165) is 16.9 Å². The van der Waals surface area contributed by atoms with Gasteiger partial charge in [0.1, 0.15) is 0 Å². The van der Waals surface area contributed by atoms with Crippen LogP contribution in [0.15, 0.2) is 30.3 Å². The van der Waals surface area contributed by atoms with Crippen molar-refractivity contribution >= 4 is 23.3 Å². The summed E-state index contributed by atoms with van der Waals surface area (Å²) in [7, 11) is 0. The van der Waals surface area contributed by atoms with Crippen molar-refractivity contribution in [2.24, 2.45) is 0 Å². The number of aromatic amines is 1. The zero-order valence-electron chi connectivity index (χ0n) is 14.9. The summed E-state index contributed by atoms with van der Waals surface area (Å²) >= 11 is 0. The zero-order valence-corrected chi connectivity index (χ0v) is 14.9. The smallest absolute Gasteiger partial charge is 0.225 e. The summed E-state index contributed by atoms with van der Waals surface area (Å²) in [5.41, 5.74) is 3.11. The molecule has 2 heterocycles. The highest BCUT2D eigenvalue weighted by Crippen LogP contribution is 2.38. The number of para-hydroxylation sites is 1. The number of amides is 2. The molecule has 25 heavy (non-hydrogen) atoms. The molecule has 0 fully saturated rings. The fourth-order valence-corrected chi connectivity index (χ4v) is 3.25. The number of anilines is 2. The third-order valence-corrected chi connectivity index (χ3v) is 4.66. The Morgan fingerprint density at radius 1 is 1.36 bits per heavy atom. The third kappa shape index (κ3) is 3.73. The molecule has 1 aromatic carbocycles. The molecule has 0 aliphatic carbocycles. The van der Waals surface area contributed by atoms with Crippen molar-refractivity contribution in [3.8, 4) is 0 Å². The van der Waals surface area contributed by atoms with Crippen molar-refractivity contribution in [2.45, 2.75) is 45.4 Å². The molecule has 3 rings (SSSR count). The topological polar surface area (TPSA) is 78.1 Å². The minimum Gasteiger partial charge on any atom is -0.312 e. The number of benzene rings is 1. The number of carbonyl (C=O) groups excluding carboxylic acids is 2. The van der Waals surface area contributed by atoms with Crippen LogP contribution in [0.25, 0.3) is 0 Å². The molecule has 1 aliphatic rings. The van der Waals surface area contributed by atoms with Gasteiger partial charge in [0, 0.05) is 43.3 Å². The van der Waals surface area contributed by atoms with Crippen LogP contribution >= 0.6 is 0 Å². The van der Waals surface area contributed by atoms with Crippen LogP contribution in [-0.2, 0) is 9.59 Å². The number of H-pyrrole nitrogens is 1. The number of rotatable bonds is 5. The average molecular weight is 340 g/mol. The molecule has 1 aliphatic heterocycles. The number of nitrogens with zero attached hydrogens (tertiary/aromatic N) is 2. The van der Waals surface area contributed by atoms with E-state index in [1.54, 1.807) is 11.8 Å². The summed E-state index contributed by atoms with van der Waals surface area (Å²) in [5.74, 6) is 1.07. The SMILES string of the molecule is CC(=O)N1C[C@@H](CCC(=O)Nc2cc(C(C)C)[nH]n2)c2ccccc21. The maximum absolute atomic E-state index is 12.2. The van der Waals surface area contributed by atoms with Gasteiger partial charge in [-0.15, -0.1) is 0 Å². The van der Waals surface area contributed by atoms with E-state index >= 15 is 0 Å². The van der Waals surface area contributed by atoms with Crippen molar-refractivity contribution in [1.29, 1.82) is 0 Å². The molecular weight excluding hydrogens is 316 g/mol. The highest BCUT2D eigenvalue weighted by Gasteiger charge is 2.30. The first-order valence-corrected chi connectivity index (χ1v) is 8.68. The van der Waals surface area contributed by atoms with Crippen LogP contribution in [0.1, 0.15) is 56.7 Å². The first kappa shape index (κ1) is 17.2. The lowest BCUT2D eigenvalue weighted by Crippen LogP contribution is -2.27. The Labute approximate surface area is 147 Å². The fraction of sp³-hybridized carbons (Fsp3) is 0.421. The average Bonchev–Trinajstić information content (AvgIpc) is 3.18. The summed E-state index contributed by atoms with van der Waals surface area (Å²) in [6.45, 7) is 6.35. The molecule has 2 amide bonds. The first-order chi connectivity index (χ1) is 12.0. The third-order valence-electron chi connectivity index (χ3n) is 4.66. The Balaban J connectivity index is 1.60. The van der Waals surface area contributed by atoms with E-state index in [1.165, 1.54) is 0 Å². The van der Waals surface area contributed by atoms with Crippen molar-refractivity contribution in [2.75, 3.05) is 16.8 Å². The van der Waals surface area contributed by atoms with Crippen LogP contribution in [0.3, 0.4) is 0 Å². The Morgan fingerprint density at radius 2 is 2.12 bits per heavy atom. The Kier molecular flexibility index (Phi) is 4.88. The highest BCUT2D eigenvalue weighted by molar-refractivity contribution is 5.94. The normalized spacial score (nSPS) is 16.2. The standard InChI is InChI=1S/C19H24N4O2/c1-12(2)16-10-18(22-21-16)20-19(25)9-8-14-11-23(13(3)24)17-7-5-4-6-15(14)17/h4-7,10,12,14H,8-9,11H2,1-3H3,(H2,20,21,22,25)/t14-/m1/s1. The van der Waals surface area contributed by atoms with Crippen LogP contribution in [-0.4, -0.2) is 28.6 Å². The van der Waals surface area contributed by atoms with Gasteiger partial charge in [0.15, 0.2) is 5.82 Å². The van der Waals surface area contributed by atoms with Gasteiger partial charge in [0.25, 0.3) is 0 Å². The van der Waals surface area contributed by atoms with Crippen LogP contribution in [0, 0.1) is 0 Å². The van der Waals surface area contributed by atoms with E-state index in [2.05, 4.69) is 29.4 Å². The van der Waals surface area contributed by atoms with Gasteiger partial charge in [0.2, 0.25) is 11.8 Å². The van der Waals surface area contributed by atoms with Gasteiger partial charge in [-0.05, 0) is 24.0 Å². The summed E-state index contributed by atoms with van der Waals surface area (Å²) in [6.07, 6.45) is 1.10. The quantitative estimate of drug-likeness (QED) is 0.875. The number of hydrogen-bond donors (Lipinski definition) is 2. The van der Waals surface area contributed by atoms with Gasteiger partial charge in [0.05, 0.1) is 0 Å². The molecule has 0 saturated heterocycles. The van der Waals surface area contributed by atoms with E-state index < -0.39 is 0 Å². The molecular formula is C19H24N4O2. The Hall–Kier alpha value is -2.63. The van der Waals surface area contributed by atoms with Gasteiger partial charge in [-0.2, -0.15) is 5.10 Å². The van der Waals surface area contributed by atoms with Gasteiger partial charge in [-0.25, -0.2) is 0 Å². The minimum atomic E-state index is -0.0550. The predicted molar refractivity (Wildman–Crippen MR) is 97.8 cm³/mol. The molecule has 1 aromatic heterocycles. The maximum Gasteiger partial charge on any atom is 0.225 e. The number of carbonyl (C=O) groups is 2. The van der Waals surface area contributed by atoms with Crippen LogP contribution in [0.4, 0.5) is 11.5 Å². The number of nitrogens with one attached hydrogen (secondary N) is 2. The van der Waals surface area contributed by atoms with Gasteiger partial charge in [-0.1, -0.05) is 32.0 Å². The molecule has 6 nitrogen and oxygen atoms in total. The lowest BCUT2D eigenvalue weighted by molar-refractivity contribution is -0.116. The molecule has 0 bridgehead atoms. The molecule has 2 aromatic rings. The molecule has 1 atom stereocenters. The highest BCUT2D eigenvalue weighted by atomic mass is 16.2. The van der Waals surface area contributed by atoms with E-state index in [9.17, 15) is 9.59 Å². The minimum absolute atomic E-state index is 0.0390. The van der Waals surface area contributed by atoms with Gasteiger partial charge in [-0.3, -0.25) is 14.7 Å². The van der Waals surface area contributed by atoms with Crippen LogP contribution in [0.2, 0.25) is 0 Å². The molecule has 132 valence electrons. The van der Waals surface area contributed by atoms with Crippen LogP contribution < -0.4 is 10.2 Å². The monoisotopic (exact) mass is 340 g/mol. The van der Waals surface area contributed by atoms with Crippen molar-refractivity contribution in [1.82, 2.24) is 10.2 Å². The summed E-state index contributed by atoms with van der Waals surface area (Å²) in [4.78, 5) is 25.8. The van der Waals surface area contributed by atoms with Crippen molar-refractivity contribution < 1.29 is 9.59 Å². The molecule has 0 radical (unpaired) electrons. The number of fused-ring (bicyclic) bond motifs is 1. The Morgan fingerprint density at radius 3 is 2.80 bits per heavy atom. The van der Waals surface area contributed by atoms with Crippen molar-refractivity contribution in [3.63, 3.8) is 0 Å². The van der Waals surface area contributed by atoms with Crippen molar-refractivity contribution in [3.05, 3.63) is 41.6 Å². The van der Waals surface area contributed by atoms with Crippen LogP contribution in [0.5, 0.6) is 0 Å². The van der Waals surface area contributed by atoms with E-state index in [4.69, 9.17) is 0 Å². The van der Waals surface area contributed by atoms with E-state index in [0.29, 0.717) is 31.1 Å². The molecule has 0 unspecified atom stereocenters. The fourth-order valence-electron chi connectivity index (χ4n) is 3.25. The van der Waals surface area contributed by atoms with E-state index in [-0.39, 0.29) is 17.7 Å². The molecule has 0 saturated carbocycles. The molecule has 2 N–H and O–H groups in total. The second kappa shape index (κ2) is 7.09. The summed E-state index contributed by atoms with van der Waals surface area (Å²) in [6, 6.07) is 9.79. The number of aromatic nitrogens is 2. The van der Waals surface area contributed by atoms with Gasteiger partial charge >= 0.3 is 0 Å². The molecule has 0 spiro atoms. The largest absolute Gasteiger partial charge is 0.312 e. The molecule has 6 heteroatoms. The van der Waals surface area contributed by atoms with E-state index in [1.807, 2.05) is 30.3 Å². The predicted octanol–water partition coefficient (Wildman–Crippen LogP) is 3.40. The van der Waals surface area contributed by atoms with Gasteiger partial charge < -0.3 is 10.2 Å². The summed E-state index contributed by atoms with van der Waals surface area (Å²) in [5, 5.41) is 9.89. The summed E-state index contributed by atoms with van der Waals surface area (Å²) < 4.78 is 0. The maximum atomic E-state index is 12.2. The number of hydrogen-bond acceptors (Lipinski definition) is 3.